The highest BCUT2D eigenvalue weighted by molar-refractivity contribution is 7.89. The maximum absolute atomic E-state index is 13.4. The van der Waals surface area contributed by atoms with Crippen molar-refractivity contribution in [3.05, 3.63) is 29.1 Å². The number of rotatable bonds is 3. The fourth-order valence-electron chi connectivity index (χ4n) is 2.69. The van der Waals surface area contributed by atoms with Crippen molar-refractivity contribution in [3.8, 4) is 0 Å². The summed E-state index contributed by atoms with van der Waals surface area (Å²) in [5.41, 5.74) is 6.40. The molecule has 1 aliphatic heterocycles. The Morgan fingerprint density at radius 1 is 1.38 bits per heavy atom. The second-order valence-electron chi connectivity index (χ2n) is 5.48. The number of sulfonamides is 1. The SMILES string of the molecule is Cc1cc(F)cc(C)c1S(=O)(=O)N1CC(CN)OCC1C. The van der Waals surface area contributed by atoms with Gasteiger partial charge >= 0.3 is 0 Å². The summed E-state index contributed by atoms with van der Waals surface area (Å²) in [5, 5.41) is 0. The van der Waals surface area contributed by atoms with Crippen molar-refractivity contribution in [2.24, 2.45) is 5.73 Å². The van der Waals surface area contributed by atoms with Crippen LogP contribution in [-0.2, 0) is 14.8 Å². The third kappa shape index (κ3) is 3.11. The van der Waals surface area contributed by atoms with E-state index in [4.69, 9.17) is 10.5 Å². The molecular formula is C14H21FN2O3S. The van der Waals surface area contributed by atoms with Crippen molar-refractivity contribution in [2.75, 3.05) is 19.7 Å². The first-order valence-electron chi connectivity index (χ1n) is 6.87. The lowest BCUT2D eigenvalue weighted by molar-refractivity contribution is -0.0219. The van der Waals surface area contributed by atoms with E-state index in [1.807, 2.05) is 0 Å². The van der Waals surface area contributed by atoms with E-state index in [9.17, 15) is 12.8 Å². The molecule has 2 unspecified atom stereocenters. The molecule has 2 atom stereocenters. The predicted molar refractivity (Wildman–Crippen MR) is 78.0 cm³/mol. The van der Waals surface area contributed by atoms with Crippen molar-refractivity contribution in [1.82, 2.24) is 4.31 Å². The van der Waals surface area contributed by atoms with Gasteiger partial charge < -0.3 is 10.5 Å². The molecule has 0 saturated carbocycles. The number of nitrogens with zero attached hydrogens (tertiary/aromatic N) is 1. The van der Waals surface area contributed by atoms with Crippen molar-refractivity contribution in [3.63, 3.8) is 0 Å². The van der Waals surface area contributed by atoms with Crippen molar-refractivity contribution in [2.45, 2.75) is 37.8 Å². The molecule has 1 aromatic carbocycles. The number of hydrogen-bond donors (Lipinski definition) is 1. The quantitative estimate of drug-likeness (QED) is 0.909. The zero-order valence-corrected chi connectivity index (χ0v) is 13.3. The fourth-order valence-corrected chi connectivity index (χ4v) is 4.75. The van der Waals surface area contributed by atoms with Crippen molar-refractivity contribution in [1.29, 1.82) is 0 Å². The van der Waals surface area contributed by atoms with Crippen LogP contribution in [0.5, 0.6) is 0 Å². The standard InChI is InChI=1S/C14H21FN2O3S/c1-9-4-12(15)5-10(2)14(9)21(18,19)17-7-13(6-16)20-8-11(17)3/h4-5,11,13H,6-8,16H2,1-3H3. The lowest BCUT2D eigenvalue weighted by Gasteiger charge is -2.37. The van der Waals surface area contributed by atoms with Crippen LogP contribution < -0.4 is 5.73 Å². The number of nitrogens with two attached hydrogens (primary N) is 1. The van der Waals surface area contributed by atoms with Gasteiger partial charge in [-0.3, -0.25) is 0 Å². The van der Waals surface area contributed by atoms with Gasteiger partial charge in [0, 0.05) is 19.1 Å². The predicted octanol–water partition coefficient (Wildman–Crippen LogP) is 1.18. The topological polar surface area (TPSA) is 72.6 Å². The van der Waals surface area contributed by atoms with Crippen LogP contribution in [0.4, 0.5) is 4.39 Å². The average Bonchev–Trinajstić information content (AvgIpc) is 2.37. The number of ether oxygens (including phenoxy) is 1. The van der Waals surface area contributed by atoms with Crippen LogP contribution in [0.3, 0.4) is 0 Å². The molecule has 1 aromatic rings. The van der Waals surface area contributed by atoms with Crippen LogP contribution >= 0.6 is 0 Å². The first-order valence-corrected chi connectivity index (χ1v) is 8.31. The van der Waals surface area contributed by atoms with E-state index in [0.29, 0.717) is 17.7 Å². The van der Waals surface area contributed by atoms with Gasteiger partial charge in [-0.25, -0.2) is 12.8 Å². The normalized spacial score (nSPS) is 24.2. The van der Waals surface area contributed by atoms with E-state index < -0.39 is 15.8 Å². The summed E-state index contributed by atoms with van der Waals surface area (Å²) in [6.45, 7) is 5.79. The maximum atomic E-state index is 13.4. The zero-order chi connectivity index (χ0) is 15.8. The van der Waals surface area contributed by atoms with Gasteiger partial charge in [0.15, 0.2) is 0 Å². The third-order valence-corrected chi connectivity index (χ3v) is 5.99. The van der Waals surface area contributed by atoms with Gasteiger partial charge in [-0.15, -0.1) is 0 Å². The van der Waals surface area contributed by atoms with Gasteiger partial charge in [-0.2, -0.15) is 4.31 Å². The Morgan fingerprint density at radius 3 is 2.48 bits per heavy atom. The Hall–Kier alpha value is -1.02. The van der Waals surface area contributed by atoms with E-state index in [0.717, 1.165) is 0 Å². The van der Waals surface area contributed by atoms with Gasteiger partial charge in [0.25, 0.3) is 0 Å². The van der Waals surface area contributed by atoms with E-state index in [-0.39, 0.29) is 30.1 Å². The fraction of sp³-hybridized carbons (Fsp3) is 0.571. The van der Waals surface area contributed by atoms with Crippen LogP contribution in [0.1, 0.15) is 18.1 Å². The first kappa shape index (κ1) is 16.4. The molecule has 118 valence electrons. The second kappa shape index (κ2) is 6.00. The lowest BCUT2D eigenvalue weighted by Crippen LogP contribution is -2.52. The average molecular weight is 316 g/mol. The molecule has 2 rings (SSSR count). The Kier molecular flexibility index (Phi) is 4.67. The minimum absolute atomic E-state index is 0.174. The highest BCUT2D eigenvalue weighted by atomic mass is 32.2. The van der Waals surface area contributed by atoms with E-state index in [2.05, 4.69) is 0 Å². The molecule has 21 heavy (non-hydrogen) atoms. The molecule has 7 heteroatoms. The van der Waals surface area contributed by atoms with Crippen LogP contribution in [-0.4, -0.2) is 44.6 Å². The van der Waals surface area contributed by atoms with E-state index in [1.54, 1.807) is 20.8 Å². The Balaban J connectivity index is 2.46. The molecule has 0 aromatic heterocycles. The monoisotopic (exact) mass is 316 g/mol. The number of aryl methyl sites for hydroxylation is 2. The largest absolute Gasteiger partial charge is 0.374 e. The first-order chi connectivity index (χ1) is 9.77. The molecule has 0 aliphatic carbocycles. The van der Waals surface area contributed by atoms with Gasteiger partial charge in [-0.1, -0.05) is 0 Å². The molecular weight excluding hydrogens is 295 g/mol. The van der Waals surface area contributed by atoms with Crippen molar-refractivity contribution >= 4 is 10.0 Å². The number of halogens is 1. The van der Waals surface area contributed by atoms with Crippen molar-refractivity contribution < 1.29 is 17.5 Å². The summed E-state index contributed by atoms with van der Waals surface area (Å²) < 4.78 is 46.1. The zero-order valence-electron chi connectivity index (χ0n) is 12.5. The Morgan fingerprint density at radius 2 is 1.95 bits per heavy atom. The molecule has 0 radical (unpaired) electrons. The van der Waals surface area contributed by atoms with Crippen LogP contribution in [0.2, 0.25) is 0 Å². The smallest absolute Gasteiger partial charge is 0.244 e. The highest BCUT2D eigenvalue weighted by Gasteiger charge is 2.36. The minimum atomic E-state index is -3.70. The molecule has 1 saturated heterocycles. The summed E-state index contributed by atoms with van der Waals surface area (Å²) in [6.07, 6.45) is -0.308. The van der Waals surface area contributed by atoms with Crippen LogP contribution in [0.25, 0.3) is 0 Å². The maximum Gasteiger partial charge on any atom is 0.244 e. The van der Waals surface area contributed by atoms with Gasteiger partial charge in [0.2, 0.25) is 10.0 Å². The molecule has 0 amide bonds. The summed E-state index contributed by atoms with van der Waals surface area (Å²) in [4.78, 5) is 0.174. The Labute approximate surface area is 124 Å². The Bertz CT molecular complexity index is 610. The lowest BCUT2D eigenvalue weighted by atomic mass is 10.1. The van der Waals surface area contributed by atoms with Gasteiger partial charge in [0.1, 0.15) is 5.82 Å². The molecule has 0 bridgehead atoms. The second-order valence-corrected chi connectivity index (χ2v) is 7.31. The van der Waals surface area contributed by atoms with Gasteiger partial charge in [0.05, 0.1) is 17.6 Å². The van der Waals surface area contributed by atoms with Gasteiger partial charge in [-0.05, 0) is 44.0 Å². The molecule has 5 nitrogen and oxygen atoms in total. The van der Waals surface area contributed by atoms with Crippen LogP contribution in [0.15, 0.2) is 17.0 Å². The summed E-state index contributed by atoms with van der Waals surface area (Å²) >= 11 is 0. The van der Waals surface area contributed by atoms with Crippen LogP contribution in [0, 0.1) is 19.7 Å². The number of hydrogen-bond acceptors (Lipinski definition) is 4. The summed E-state index contributed by atoms with van der Waals surface area (Å²) in [7, 11) is -3.70. The molecule has 2 N–H and O–H groups in total. The third-order valence-electron chi connectivity index (χ3n) is 3.70. The van der Waals surface area contributed by atoms with E-state index >= 15 is 0 Å². The minimum Gasteiger partial charge on any atom is -0.374 e. The number of morpholine rings is 1. The summed E-state index contributed by atoms with van der Waals surface area (Å²) in [6, 6.07) is 2.21. The molecule has 1 fully saturated rings. The molecule has 0 spiro atoms. The summed E-state index contributed by atoms with van der Waals surface area (Å²) in [5.74, 6) is -0.432. The molecule has 1 aliphatic rings. The van der Waals surface area contributed by atoms with E-state index in [1.165, 1.54) is 16.4 Å². The molecule has 1 heterocycles. The number of benzene rings is 1. The highest BCUT2D eigenvalue weighted by Crippen LogP contribution is 2.28.